The normalized spacial score (nSPS) is 11.2. The van der Waals surface area contributed by atoms with E-state index in [2.05, 4.69) is 5.32 Å². The van der Waals surface area contributed by atoms with Crippen molar-refractivity contribution < 1.29 is 23.5 Å². The lowest BCUT2D eigenvalue weighted by molar-refractivity contribution is -0.153. The first-order chi connectivity index (χ1) is 12.9. The van der Waals surface area contributed by atoms with Gasteiger partial charge in [-0.25, -0.2) is 9.18 Å². The van der Waals surface area contributed by atoms with Crippen molar-refractivity contribution in [3.8, 4) is 11.2 Å². The van der Waals surface area contributed by atoms with Crippen LogP contribution < -0.4 is 10.1 Å². The molecule has 6 nitrogen and oxygen atoms in total. The van der Waals surface area contributed by atoms with Crippen LogP contribution in [0.2, 0.25) is 0 Å². The molecule has 0 aliphatic rings. The van der Waals surface area contributed by atoms with Gasteiger partial charge in [0.15, 0.2) is 12.7 Å². The summed E-state index contributed by atoms with van der Waals surface area (Å²) in [5.74, 6) is -1.31. The Labute approximate surface area is 160 Å². The molecule has 27 heavy (non-hydrogen) atoms. The third-order valence-corrected chi connectivity index (χ3v) is 4.02. The Balaban J connectivity index is 1.83. The van der Waals surface area contributed by atoms with Crippen molar-refractivity contribution in [3.63, 3.8) is 0 Å². The van der Waals surface area contributed by atoms with Crippen LogP contribution in [0, 0.1) is 23.4 Å². The SMILES string of the molecule is Cc1cc(SC#N)ccc1NC(=O)COC(=O)[C@@H](C)Oc1ccc(F)cc1. The minimum Gasteiger partial charge on any atom is -0.479 e. The van der Waals surface area contributed by atoms with Crippen LogP contribution in [0.5, 0.6) is 5.75 Å². The van der Waals surface area contributed by atoms with Gasteiger partial charge in [-0.05, 0) is 73.6 Å². The number of carbonyl (C=O) groups excluding carboxylic acids is 2. The molecule has 2 aromatic carbocycles. The van der Waals surface area contributed by atoms with Crippen molar-refractivity contribution in [3.05, 3.63) is 53.8 Å². The number of aryl methyl sites for hydroxylation is 1. The van der Waals surface area contributed by atoms with Gasteiger partial charge < -0.3 is 14.8 Å². The second-order valence-corrected chi connectivity index (χ2v) is 6.40. The van der Waals surface area contributed by atoms with E-state index in [0.29, 0.717) is 11.4 Å². The topological polar surface area (TPSA) is 88.4 Å². The van der Waals surface area contributed by atoms with Gasteiger partial charge in [0.2, 0.25) is 0 Å². The van der Waals surface area contributed by atoms with Crippen LogP contribution in [-0.2, 0) is 14.3 Å². The number of carbonyl (C=O) groups is 2. The molecule has 8 heteroatoms. The highest BCUT2D eigenvalue weighted by molar-refractivity contribution is 8.03. The summed E-state index contributed by atoms with van der Waals surface area (Å²) in [5.41, 5.74) is 1.34. The lowest BCUT2D eigenvalue weighted by Gasteiger charge is -2.14. The van der Waals surface area contributed by atoms with Gasteiger partial charge in [0.25, 0.3) is 5.91 Å². The van der Waals surface area contributed by atoms with E-state index < -0.39 is 30.4 Å². The summed E-state index contributed by atoms with van der Waals surface area (Å²) < 4.78 is 23.1. The van der Waals surface area contributed by atoms with Crippen LogP contribution in [0.25, 0.3) is 0 Å². The number of esters is 1. The fourth-order valence-electron chi connectivity index (χ4n) is 2.10. The lowest BCUT2D eigenvalue weighted by atomic mass is 10.2. The number of amides is 1. The molecule has 0 fully saturated rings. The van der Waals surface area contributed by atoms with Gasteiger partial charge in [-0.3, -0.25) is 4.79 Å². The fourth-order valence-corrected chi connectivity index (χ4v) is 2.58. The molecule has 0 aliphatic carbocycles. The second-order valence-electron chi connectivity index (χ2n) is 5.54. The molecule has 0 bridgehead atoms. The minimum absolute atomic E-state index is 0.316. The number of nitrogens with one attached hydrogen (secondary N) is 1. The van der Waals surface area contributed by atoms with E-state index in [0.717, 1.165) is 22.2 Å². The van der Waals surface area contributed by atoms with Crippen LogP contribution in [0.1, 0.15) is 12.5 Å². The first-order valence-electron chi connectivity index (χ1n) is 7.94. The maximum absolute atomic E-state index is 12.9. The molecule has 1 atom stereocenters. The summed E-state index contributed by atoms with van der Waals surface area (Å²) in [7, 11) is 0. The van der Waals surface area contributed by atoms with E-state index in [-0.39, 0.29) is 0 Å². The molecule has 2 rings (SSSR count). The van der Waals surface area contributed by atoms with E-state index >= 15 is 0 Å². The van der Waals surface area contributed by atoms with Crippen LogP contribution >= 0.6 is 11.8 Å². The van der Waals surface area contributed by atoms with E-state index in [1.165, 1.54) is 31.2 Å². The third-order valence-electron chi connectivity index (χ3n) is 3.44. The number of anilines is 1. The largest absolute Gasteiger partial charge is 0.479 e. The Bertz CT molecular complexity index is 865. The number of hydrogen-bond donors (Lipinski definition) is 1. The number of nitrogens with zero attached hydrogens (tertiary/aromatic N) is 1. The van der Waals surface area contributed by atoms with Gasteiger partial charge in [0, 0.05) is 10.6 Å². The Hall–Kier alpha value is -3.05. The second kappa shape index (κ2) is 9.59. The predicted molar refractivity (Wildman–Crippen MR) is 98.7 cm³/mol. The number of benzene rings is 2. The molecule has 0 saturated carbocycles. The van der Waals surface area contributed by atoms with E-state index in [1.54, 1.807) is 25.1 Å². The van der Waals surface area contributed by atoms with Gasteiger partial charge in [-0.1, -0.05) is 0 Å². The molecular formula is C19H17FN2O4S. The van der Waals surface area contributed by atoms with Gasteiger partial charge in [0.05, 0.1) is 0 Å². The first kappa shape index (κ1) is 20.3. The maximum Gasteiger partial charge on any atom is 0.347 e. The van der Waals surface area contributed by atoms with Crippen molar-refractivity contribution in [2.75, 3.05) is 11.9 Å². The minimum atomic E-state index is -0.952. The number of thiocyanates is 1. The Kier molecular flexibility index (Phi) is 7.20. The average molecular weight is 388 g/mol. The summed E-state index contributed by atoms with van der Waals surface area (Å²) in [6.45, 7) is 2.80. The van der Waals surface area contributed by atoms with Crippen LogP contribution in [0.4, 0.5) is 10.1 Å². The standard InChI is InChI=1S/C19H17FN2O4S/c1-12-9-16(27-11-21)7-8-17(12)22-18(23)10-25-19(24)13(2)26-15-5-3-14(20)4-6-15/h3-9,13H,10H2,1-2H3,(H,22,23)/t13-/m1/s1. The van der Waals surface area contributed by atoms with Gasteiger partial charge in [-0.2, -0.15) is 5.26 Å². The van der Waals surface area contributed by atoms with Crippen LogP contribution in [0.3, 0.4) is 0 Å². The fraction of sp³-hybridized carbons (Fsp3) is 0.211. The maximum atomic E-state index is 12.9. The molecule has 0 radical (unpaired) electrons. The summed E-state index contributed by atoms with van der Waals surface area (Å²) in [4.78, 5) is 24.7. The molecule has 0 aliphatic heterocycles. The van der Waals surface area contributed by atoms with Crippen LogP contribution in [0.15, 0.2) is 47.4 Å². The van der Waals surface area contributed by atoms with Crippen molar-refractivity contribution in [1.29, 1.82) is 5.26 Å². The predicted octanol–water partition coefficient (Wildman–Crippen LogP) is 3.66. The number of thioether (sulfide) groups is 1. The number of ether oxygens (including phenoxy) is 2. The number of halogens is 1. The Morgan fingerprint density at radius 1 is 1.26 bits per heavy atom. The summed E-state index contributed by atoms with van der Waals surface area (Å²) in [6, 6.07) is 10.4. The molecule has 1 N–H and O–H groups in total. The monoisotopic (exact) mass is 388 g/mol. The molecule has 0 heterocycles. The van der Waals surface area contributed by atoms with Crippen molar-refractivity contribution in [2.24, 2.45) is 0 Å². The van der Waals surface area contributed by atoms with Gasteiger partial charge >= 0.3 is 5.97 Å². The summed E-state index contributed by atoms with van der Waals surface area (Å²) >= 11 is 1.02. The highest BCUT2D eigenvalue weighted by Crippen LogP contribution is 2.23. The highest BCUT2D eigenvalue weighted by Gasteiger charge is 2.18. The van der Waals surface area contributed by atoms with Crippen LogP contribution in [-0.4, -0.2) is 24.6 Å². The van der Waals surface area contributed by atoms with Crippen molar-refractivity contribution >= 4 is 29.3 Å². The average Bonchev–Trinajstić information content (AvgIpc) is 2.64. The zero-order chi connectivity index (χ0) is 19.8. The number of rotatable bonds is 7. The molecule has 0 aromatic heterocycles. The lowest BCUT2D eigenvalue weighted by Crippen LogP contribution is -2.29. The molecule has 0 unspecified atom stereocenters. The molecule has 2 aromatic rings. The quantitative estimate of drug-likeness (QED) is 0.442. The molecule has 140 valence electrons. The molecular weight excluding hydrogens is 371 g/mol. The number of nitriles is 1. The van der Waals surface area contributed by atoms with Crippen molar-refractivity contribution in [2.45, 2.75) is 24.8 Å². The Morgan fingerprint density at radius 2 is 1.96 bits per heavy atom. The third kappa shape index (κ3) is 6.31. The zero-order valence-corrected chi connectivity index (χ0v) is 15.5. The van der Waals surface area contributed by atoms with Crippen molar-refractivity contribution in [1.82, 2.24) is 0 Å². The summed E-state index contributed by atoms with van der Waals surface area (Å²) in [5, 5.41) is 13.3. The number of hydrogen-bond acceptors (Lipinski definition) is 6. The highest BCUT2D eigenvalue weighted by atomic mass is 32.2. The van der Waals surface area contributed by atoms with Gasteiger partial charge in [-0.15, -0.1) is 0 Å². The first-order valence-corrected chi connectivity index (χ1v) is 8.76. The summed E-state index contributed by atoms with van der Waals surface area (Å²) in [6.07, 6.45) is -0.952. The zero-order valence-electron chi connectivity index (χ0n) is 14.7. The smallest absolute Gasteiger partial charge is 0.347 e. The molecule has 1 amide bonds. The van der Waals surface area contributed by atoms with E-state index in [9.17, 15) is 14.0 Å². The molecule has 0 saturated heterocycles. The Morgan fingerprint density at radius 3 is 2.59 bits per heavy atom. The van der Waals surface area contributed by atoms with E-state index in [4.69, 9.17) is 14.7 Å². The van der Waals surface area contributed by atoms with E-state index in [1.807, 2.05) is 5.40 Å². The van der Waals surface area contributed by atoms with Gasteiger partial charge in [0.1, 0.15) is 17.0 Å². The molecule has 0 spiro atoms.